The number of methoxy groups -OCH3 is 1. The standard InChI is InChI=1S/C32H27N7O11S2/c1-17-10-26(28(46-16-30(40)41)15-25(17)37-34-20-4-3-5-22(13-20)51-49-47-43)38-39-31-29(52-50-48-44)11-18-6-8-21(14-23(18)32(31)42)35-36-24-9-7-19(33)12-27(24)45-2/h3-15,42-44H,16,33H2,1-2H3,(H,40,41). The van der Waals surface area contributed by atoms with Crippen molar-refractivity contribution in [1.82, 2.24) is 0 Å². The Kier molecular flexibility index (Phi) is 13.0. The number of aromatic hydroxyl groups is 1. The number of carbonyl (C=O) groups is 1. The summed E-state index contributed by atoms with van der Waals surface area (Å²) in [6, 6.07) is 21.1. The van der Waals surface area contributed by atoms with Crippen LogP contribution in [0.5, 0.6) is 17.2 Å². The minimum absolute atomic E-state index is 0.00582. The predicted molar refractivity (Wildman–Crippen MR) is 188 cm³/mol. The fourth-order valence-electron chi connectivity index (χ4n) is 4.46. The van der Waals surface area contributed by atoms with Gasteiger partial charge in [0.25, 0.3) is 0 Å². The SMILES string of the molecule is COc1cc(N)ccc1N=Nc1ccc2cc(SOOO)c(N=Nc3cc(C)c(N=Nc4cccc(SOOO)c4)cc3OCC(=O)O)c(O)c2c1. The van der Waals surface area contributed by atoms with Gasteiger partial charge in [-0.05, 0) is 72.5 Å². The van der Waals surface area contributed by atoms with Gasteiger partial charge in [-0.3, -0.25) is 0 Å². The molecule has 0 heterocycles. The van der Waals surface area contributed by atoms with E-state index in [2.05, 4.69) is 49.4 Å². The highest BCUT2D eigenvalue weighted by Gasteiger charge is 2.17. The summed E-state index contributed by atoms with van der Waals surface area (Å²) in [5.41, 5.74) is 8.44. The molecule has 52 heavy (non-hydrogen) atoms. The molecule has 0 saturated heterocycles. The third-order valence-corrected chi connectivity index (χ3v) is 8.00. The lowest BCUT2D eigenvalue weighted by atomic mass is 10.1. The molecule has 5 aromatic rings. The summed E-state index contributed by atoms with van der Waals surface area (Å²) >= 11 is 1.30. The molecule has 0 aliphatic heterocycles. The largest absolute Gasteiger partial charge is 0.505 e. The van der Waals surface area contributed by atoms with Gasteiger partial charge in [0.1, 0.15) is 28.6 Å². The highest BCUT2D eigenvalue weighted by atomic mass is 32.2. The molecular weight excluding hydrogens is 723 g/mol. The number of aliphatic carboxylic acids is 1. The van der Waals surface area contributed by atoms with E-state index in [9.17, 15) is 15.0 Å². The van der Waals surface area contributed by atoms with E-state index >= 15 is 0 Å². The first-order chi connectivity index (χ1) is 25.2. The molecule has 5 aromatic carbocycles. The average molecular weight is 750 g/mol. The first kappa shape index (κ1) is 37.5. The maximum absolute atomic E-state index is 11.4. The van der Waals surface area contributed by atoms with E-state index in [1.165, 1.54) is 19.2 Å². The maximum Gasteiger partial charge on any atom is 0.341 e. The molecular formula is C32H27N7O11S2. The van der Waals surface area contributed by atoms with Crippen molar-refractivity contribution in [3.05, 3.63) is 84.4 Å². The summed E-state index contributed by atoms with van der Waals surface area (Å²) in [6.07, 6.45) is 0. The Labute approximate surface area is 302 Å². The molecule has 268 valence electrons. The van der Waals surface area contributed by atoms with E-state index in [1.54, 1.807) is 73.7 Å². The summed E-state index contributed by atoms with van der Waals surface area (Å²) in [7, 11) is 1.48. The minimum Gasteiger partial charge on any atom is -0.505 e. The molecule has 0 fully saturated rings. The fourth-order valence-corrected chi connectivity index (χ4v) is 5.37. The van der Waals surface area contributed by atoms with Crippen LogP contribution in [-0.2, 0) is 23.5 Å². The number of hydrogen-bond donors (Lipinski definition) is 5. The Balaban J connectivity index is 1.51. The predicted octanol–water partition coefficient (Wildman–Crippen LogP) is 10.0. The van der Waals surface area contributed by atoms with Crippen molar-refractivity contribution in [2.24, 2.45) is 30.7 Å². The van der Waals surface area contributed by atoms with Crippen LogP contribution in [0.3, 0.4) is 0 Å². The van der Waals surface area contributed by atoms with Crippen LogP contribution in [0.25, 0.3) is 10.8 Å². The van der Waals surface area contributed by atoms with Crippen LogP contribution < -0.4 is 15.2 Å². The van der Waals surface area contributed by atoms with Crippen LogP contribution >= 0.6 is 24.1 Å². The number of nitrogens with zero attached hydrogens (tertiary/aromatic N) is 6. The molecule has 5 rings (SSSR count). The second kappa shape index (κ2) is 18.0. The monoisotopic (exact) mass is 749 g/mol. The van der Waals surface area contributed by atoms with Crippen molar-refractivity contribution < 1.29 is 53.7 Å². The van der Waals surface area contributed by atoms with Crippen molar-refractivity contribution in [3.8, 4) is 17.2 Å². The summed E-state index contributed by atoms with van der Waals surface area (Å²) in [5.74, 6) is -1.16. The maximum atomic E-state index is 11.4. The zero-order valence-corrected chi connectivity index (χ0v) is 28.6. The van der Waals surface area contributed by atoms with Crippen molar-refractivity contribution in [3.63, 3.8) is 0 Å². The molecule has 0 saturated carbocycles. The smallest absolute Gasteiger partial charge is 0.341 e. The molecule has 0 unspecified atom stereocenters. The zero-order valence-electron chi connectivity index (χ0n) is 26.9. The van der Waals surface area contributed by atoms with Gasteiger partial charge in [0.15, 0.2) is 12.4 Å². The lowest BCUT2D eigenvalue weighted by Crippen LogP contribution is -2.09. The lowest BCUT2D eigenvalue weighted by molar-refractivity contribution is -0.432. The number of anilines is 1. The summed E-state index contributed by atoms with van der Waals surface area (Å²) in [4.78, 5) is 12.1. The fraction of sp³-hybridized carbons (Fsp3) is 0.0938. The Morgan fingerprint density at radius 3 is 2.25 bits per heavy atom. The molecule has 0 aliphatic carbocycles. The minimum atomic E-state index is -1.25. The number of aryl methyl sites for hydroxylation is 1. The Morgan fingerprint density at radius 1 is 0.769 bits per heavy atom. The van der Waals surface area contributed by atoms with Crippen molar-refractivity contribution in [1.29, 1.82) is 0 Å². The van der Waals surface area contributed by atoms with Crippen molar-refractivity contribution in [2.75, 3.05) is 19.5 Å². The van der Waals surface area contributed by atoms with Crippen LogP contribution in [0.1, 0.15) is 5.56 Å². The summed E-state index contributed by atoms with van der Waals surface area (Å²) in [6.45, 7) is 1.00. The molecule has 0 bridgehead atoms. The molecule has 18 nitrogen and oxygen atoms in total. The van der Waals surface area contributed by atoms with E-state index in [1.807, 2.05) is 0 Å². The van der Waals surface area contributed by atoms with E-state index in [0.717, 1.165) is 12.0 Å². The summed E-state index contributed by atoms with van der Waals surface area (Å²) < 4.78 is 19.9. The second-order valence-corrected chi connectivity index (χ2v) is 11.8. The number of rotatable bonds is 16. The number of hydrogen-bond acceptors (Lipinski definition) is 19. The van der Waals surface area contributed by atoms with Gasteiger partial charge in [0.05, 0.1) is 53.2 Å². The summed E-state index contributed by atoms with van der Waals surface area (Å²) in [5, 5.41) is 71.7. The van der Waals surface area contributed by atoms with Crippen LogP contribution in [0.2, 0.25) is 0 Å². The number of benzene rings is 5. The van der Waals surface area contributed by atoms with Crippen LogP contribution in [0.4, 0.5) is 39.8 Å². The third kappa shape index (κ3) is 9.74. The van der Waals surface area contributed by atoms with Crippen LogP contribution in [-0.4, -0.2) is 40.4 Å². The van der Waals surface area contributed by atoms with Crippen molar-refractivity contribution >= 4 is 80.6 Å². The second-order valence-electron chi connectivity index (χ2n) is 10.2. The normalized spacial score (nSPS) is 11.7. The number of nitrogens with two attached hydrogens (primary N) is 1. The highest BCUT2D eigenvalue weighted by Crippen LogP contribution is 2.46. The first-order valence-corrected chi connectivity index (χ1v) is 16.0. The molecule has 0 amide bonds. The third-order valence-electron chi connectivity index (χ3n) is 6.81. The lowest BCUT2D eigenvalue weighted by Gasteiger charge is -2.11. The highest BCUT2D eigenvalue weighted by molar-refractivity contribution is 7.94. The number of nitrogen functional groups attached to an aromatic ring is 1. The average Bonchev–Trinajstić information content (AvgIpc) is 3.14. The van der Waals surface area contributed by atoms with Gasteiger partial charge in [0, 0.05) is 28.1 Å². The van der Waals surface area contributed by atoms with E-state index < -0.39 is 12.6 Å². The molecule has 0 atom stereocenters. The topological polar surface area (TPSA) is 254 Å². The van der Waals surface area contributed by atoms with E-state index in [0.29, 0.717) is 67.5 Å². The number of fused-ring (bicyclic) bond motifs is 1. The molecule has 0 aromatic heterocycles. The van der Waals surface area contributed by atoms with Gasteiger partial charge in [-0.2, -0.15) is 15.3 Å². The van der Waals surface area contributed by atoms with Gasteiger partial charge in [0.2, 0.25) is 0 Å². The Morgan fingerprint density at radius 2 is 1.50 bits per heavy atom. The Bertz CT molecular complexity index is 2170. The van der Waals surface area contributed by atoms with Gasteiger partial charge in [-0.15, -0.1) is 24.0 Å². The van der Waals surface area contributed by atoms with Crippen LogP contribution in [0, 0.1) is 6.92 Å². The van der Waals surface area contributed by atoms with Gasteiger partial charge < -0.3 is 25.4 Å². The van der Waals surface area contributed by atoms with E-state index in [4.69, 9.17) is 25.7 Å². The molecule has 20 heteroatoms. The first-order valence-electron chi connectivity index (χ1n) is 14.6. The van der Waals surface area contributed by atoms with Crippen LogP contribution in [0.15, 0.2) is 119 Å². The van der Waals surface area contributed by atoms with Gasteiger partial charge in [-0.1, -0.05) is 22.2 Å². The Hall–Kier alpha value is -5.71. The molecule has 0 radical (unpaired) electrons. The van der Waals surface area contributed by atoms with E-state index in [-0.39, 0.29) is 27.8 Å². The number of carboxylic acids is 1. The van der Waals surface area contributed by atoms with Gasteiger partial charge >= 0.3 is 5.97 Å². The number of carboxylic acid groups (broad SMARTS) is 1. The quantitative estimate of drug-likeness (QED) is 0.0207. The number of azo groups is 3. The number of phenols is 1. The van der Waals surface area contributed by atoms with Crippen molar-refractivity contribution in [2.45, 2.75) is 16.7 Å². The number of phenolic OH excluding ortho intramolecular Hbond substituents is 1. The zero-order chi connectivity index (χ0) is 37.0. The van der Waals surface area contributed by atoms with Gasteiger partial charge in [-0.25, -0.2) is 15.3 Å². The molecule has 0 aliphatic rings. The molecule has 6 N–H and O–H groups in total. The number of ether oxygens (including phenoxy) is 2. The molecule has 0 spiro atoms.